The lowest BCUT2D eigenvalue weighted by Crippen LogP contribution is -2.52. The number of amides is 2. The molecule has 2 aliphatic heterocycles. The molecule has 3 N–H and O–H groups in total. The van der Waals surface area contributed by atoms with Gasteiger partial charge in [0.15, 0.2) is 11.6 Å². The van der Waals surface area contributed by atoms with Crippen LogP contribution in [0, 0.1) is 29.3 Å². The van der Waals surface area contributed by atoms with E-state index in [0.717, 1.165) is 31.7 Å². The third-order valence-electron chi connectivity index (χ3n) is 6.57. The molecule has 29 heavy (non-hydrogen) atoms. The fourth-order valence-corrected chi connectivity index (χ4v) is 4.86. The van der Waals surface area contributed by atoms with Gasteiger partial charge in [0.1, 0.15) is 5.82 Å². The minimum atomic E-state index is -1.21. The molecule has 8 heteroatoms. The summed E-state index contributed by atoms with van der Waals surface area (Å²) in [5.41, 5.74) is 6.38. The van der Waals surface area contributed by atoms with E-state index in [1.807, 2.05) is 4.90 Å². The molecule has 158 valence electrons. The van der Waals surface area contributed by atoms with Crippen molar-refractivity contribution >= 4 is 11.8 Å². The predicted molar refractivity (Wildman–Crippen MR) is 100 cm³/mol. The molecule has 1 aliphatic carbocycles. The first-order valence-corrected chi connectivity index (χ1v) is 10.3. The monoisotopic (exact) mass is 409 g/mol. The summed E-state index contributed by atoms with van der Waals surface area (Å²) in [7, 11) is 0. The summed E-state index contributed by atoms with van der Waals surface area (Å²) in [4.78, 5) is 26.3. The van der Waals surface area contributed by atoms with Crippen LogP contribution < -0.4 is 11.1 Å². The molecule has 2 heterocycles. The van der Waals surface area contributed by atoms with E-state index < -0.39 is 23.5 Å². The molecule has 2 bridgehead atoms. The van der Waals surface area contributed by atoms with Gasteiger partial charge in [0.05, 0.1) is 6.54 Å². The number of nitrogens with one attached hydrogen (secondary N) is 1. The highest BCUT2D eigenvalue weighted by atomic mass is 19.2. The van der Waals surface area contributed by atoms with Crippen molar-refractivity contribution in [1.29, 1.82) is 0 Å². The maximum absolute atomic E-state index is 14.0. The molecular formula is C21H26F3N3O2. The average molecular weight is 409 g/mol. The molecule has 1 aromatic carbocycles. The van der Waals surface area contributed by atoms with E-state index in [1.165, 1.54) is 0 Å². The maximum Gasteiger partial charge on any atom is 0.242 e. The van der Waals surface area contributed by atoms with Crippen LogP contribution >= 0.6 is 0 Å². The summed E-state index contributed by atoms with van der Waals surface area (Å²) in [5.74, 6) is -3.05. The molecule has 2 unspecified atom stereocenters. The van der Waals surface area contributed by atoms with Crippen molar-refractivity contribution in [2.75, 3.05) is 6.54 Å². The second-order valence-corrected chi connectivity index (χ2v) is 8.64. The Morgan fingerprint density at radius 2 is 1.66 bits per heavy atom. The highest BCUT2D eigenvalue weighted by Gasteiger charge is 2.44. The van der Waals surface area contributed by atoms with Crippen molar-refractivity contribution in [3.05, 3.63) is 35.1 Å². The summed E-state index contributed by atoms with van der Waals surface area (Å²) in [5, 5.41) is 2.73. The van der Waals surface area contributed by atoms with Crippen molar-refractivity contribution in [1.82, 2.24) is 10.2 Å². The number of rotatable bonds is 6. The van der Waals surface area contributed by atoms with Crippen LogP contribution in [0.4, 0.5) is 13.2 Å². The van der Waals surface area contributed by atoms with Crippen LogP contribution in [0.25, 0.3) is 0 Å². The third-order valence-corrected chi connectivity index (χ3v) is 6.57. The molecular weight excluding hydrogens is 383 g/mol. The Balaban J connectivity index is 1.35. The molecule has 1 aromatic rings. The van der Waals surface area contributed by atoms with Gasteiger partial charge in [-0.3, -0.25) is 9.59 Å². The zero-order valence-corrected chi connectivity index (χ0v) is 16.2. The smallest absolute Gasteiger partial charge is 0.242 e. The summed E-state index contributed by atoms with van der Waals surface area (Å²) in [6, 6.07) is 1.15. The van der Waals surface area contributed by atoms with E-state index in [-0.39, 0.29) is 54.3 Å². The molecule has 4 atom stereocenters. The normalized spacial score (nSPS) is 27.0. The second-order valence-electron chi connectivity index (χ2n) is 8.64. The molecule has 5 nitrogen and oxygen atoms in total. The average Bonchev–Trinajstić information content (AvgIpc) is 3.49. The van der Waals surface area contributed by atoms with Crippen LogP contribution in [0.5, 0.6) is 0 Å². The van der Waals surface area contributed by atoms with E-state index in [1.54, 1.807) is 0 Å². The minimum absolute atomic E-state index is 0.0269. The molecule has 3 fully saturated rings. The van der Waals surface area contributed by atoms with Gasteiger partial charge in [-0.2, -0.15) is 0 Å². The highest BCUT2D eigenvalue weighted by Crippen LogP contribution is 2.40. The van der Waals surface area contributed by atoms with Crippen LogP contribution in [0.1, 0.15) is 44.1 Å². The standard InChI is InChI=1S/C21H26F3N3O2/c22-16-9-18(24)17(23)7-12(16)8-19(25)13-5-14-3-4-15(6-13)27(14)20(28)10-26-21(29)11-1-2-11/h7,9,11,13-15,19H,1-6,8,10,25H2,(H,26,29)/t13?,14-,15?,19+/m0/s1. The van der Waals surface area contributed by atoms with Gasteiger partial charge in [0.25, 0.3) is 0 Å². The fourth-order valence-electron chi connectivity index (χ4n) is 4.86. The van der Waals surface area contributed by atoms with Crippen molar-refractivity contribution < 1.29 is 22.8 Å². The number of nitrogens with zero attached hydrogens (tertiary/aromatic N) is 1. The number of hydrogen-bond donors (Lipinski definition) is 2. The lowest BCUT2D eigenvalue weighted by molar-refractivity contribution is -0.137. The van der Waals surface area contributed by atoms with Crippen molar-refractivity contribution in [2.24, 2.45) is 17.6 Å². The first-order valence-electron chi connectivity index (χ1n) is 10.3. The Kier molecular flexibility index (Phi) is 5.55. The van der Waals surface area contributed by atoms with Crippen LogP contribution in [0.15, 0.2) is 12.1 Å². The van der Waals surface area contributed by atoms with E-state index in [2.05, 4.69) is 5.32 Å². The third kappa shape index (κ3) is 4.27. The summed E-state index contributed by atoms with van der Waals surface area (Å²) >= 11 is 0. The number of benzene rings is 1. The SMILES string of the molecule is N[C@H](Cc1cc(F)c(F)cc1F)C1CC2CC[C@@H](C1)N2C(=O)CNC(=O)C1CC1. The minimum Gasteiger partial charge on any atom is -0.347 e. The molecule has 4 rings (SSSR count). The number of hydrogen-bond acceptors (Lipinski definition) is 3. The molecule has 3 aliphatic rings. The van der Waals surface area contributed by atoms with Crippen LogP contribution in [0.2, 0.25) is 0 Å². The first-order chi connectivity index (χ1) is 13.8. The number of piperidine rings is 1. The summed E-state index contributed by atoms with van der Waals surface area (Å²) < 4.78 is 40.5. The Hall–Kier alpha value is -2.09. The van der Waals surface area contributed by atoms with Crippen molar-refractivity contribution in [3.8, 4) is 0 Å². The molecule has 1 saturated carbocycles. The molecule has 2 amide bonds. The Morgan fingerprint density at radius 3 is 2.28 bits per heavy atom. The number of nitrogens with two attached hydrogens (primary N) is 1. The highest BCUT2D eigenvalue weighted by molar-refractivity contribution is 5.87. The summed E-state index contributed by atoms with van der Waals surface area (Å²) in [6.07, 6.45) is 5.08. The topological polar surface area (TPSA) is 75.4 Å². The van der Waals surface area contributed by atoms with Gasteiger partial charge in [0.2, 0.25) is 11.8 Å². The van der Waals surface area contributed by atoms with Gasteiger partial charge >= 0.3 is 0 Å². The van der Waals surface area contributed by atoms with Gasteiger partial charge in [-0.25, -0.2) is 13.2 Å². The van der Waals surface area contributed by atoms with Crippen LogP contribution in [-0.2, 0) is 16.0 Å². The van der Waals surface area contributed by atoms with E-state index in [0.29, 0.717) is 18.9 Å². The number of carbonyl (C=O) groups is 2. The van der Waals surface area contributed by atoms with Gasteiger partial charge in [0, 0.05) is 30.1 Å². The van der Waals surface area contributed by atoms with Gasteiger partial charge < -0.3 is 16.0 Å². The Morgan fingerprint density at radius 1 is 1.03 bits per heavy atom. The predicted octanol–water partition coefficient (Wildman–Crippen LogP) is 2.27. The second kappa shape index (κ2) is 7.97. The molecule has 0 aromatic heterocycles. The number of fused-ring (bicyclic) bond motifs is 2. The number of halogens is 3. The fraction of sp³-hybridized carbons (Fsp3) is 0.619. The van der Waals surface area contributed by atoms with E-state index in [4.69, 9.17) is 5.73 Å². The number of carbonyl (C=O) groups excluding carboxylic acids is 2. The van der Waals surface area contributed by atoms with Gasteiger partial charge in [-0.1, -0.05) is 0 Å². The zero-order valence-electron chi connectivity index (χ0n) is 16.2. The van der Waals surface area contributed by atoms with Gasteiger partial charge in [-0.15, -0.1) is 0 Å². The lowest BCUT2D eigenvalue weighted by atomic mass is 9.82. The molecule has 2 saturated heterocycles. The van der Waals surface area contributed by atoms with E-state index >= 15 is 0 Å². The van der Waals surface area contributed by atoms with E-state index in [9.17, 15) is 22.8 Å². The Labute approximate surface area is 167 Å². The lowest BCUT2D eigenvalue weighted by Gasteiger charge is -2.41. The van der Waals surface area contributed by atoms with Crippen molar-refractivity contribution in [2.45, 2.75) is 63.1 Å². The largest absolute Gasteiger partial charge is 0.347 e. The van der Waals surface area contributed by atoms with Crippen molar-refractivity contribution in [3.63, 3.8) is 0 Å². The van der Waals surface area contributed by atoms with Gasteiger partial charge in [-0.05, 0) is 62.5 Å². The first kappa shape index (κ1) is 20.2. The van der Waals surface area contributed by atoms with Crippen LogP contribution in [0.3, 0.4) is 0 Å². The Bertz CT molecular complexity index is 801. The quantitative estimate of drug-likeness (QED) is 0.708. The van der Waals surface area contributed by atoms with Crippen LogP contribution in [-0.4, -0.2) is 41.4 Å². The zero-order chi connectivity index (χ0) is 20.7. The summed E-state index contributed by atoms with van der Waals surface area (Å²) in [6.45, 7) is 0.0269. The molecule has 0 spiro atoms. The molecule has 0 radical (unpaired) electrons. The maximum atomic E-state index is 14.0.